The van der Waals surface area contributed by atoms with E-state index in [1.54, 1.807) is 30.0 Å². The zero-order chi connectivity index (χ0) is 15.4. The Kier molecular flexibility index (Phi) is 5.96. The first-order valence-corrected chi connectivity index (χ1v) is 8.42. The fourth-order valence-corrected chi connectivity index (χ4v) is 3.62. The number of nitrogens with one attached hydrogen (secondary N) is 1. The first kappa shape index (κ1) is 16.6. The van der Waals surface area contributed by atoms with Gasteiger partial charge in [0.25, 0.3) is 5.91 Å². The average molecular weight is 406 g/mol. The van der Waals surface area contributed by atoms with E-state index >= 15 is 0 Å². The zero-order valence-electron chi connectivity index (χ0n) is 10.7. The number of carbonyl (C=O) groups excluding carboxylic acids is 1. The molecular formula is C14H11BrCl2N2OS. The molecule has 21 heavy (non-hydrogen) atoms. The van der Waals surface area contributed by atoms with Crippen LogP contribution in [0.15, 0.2) is 45.8 Å². The smallest absolute Gasteiger partial charge is 0.265 e. The Hall–Kier alpha value is -0.720. The van der Waals surface area contributed by atoms with Gasteiger partial charge in [-0.25, -0.2) is 5.84 Å². The van der Waals surface area contributed by atoms with Gasteiger partial charge in [0.1, 0.15) is 0 Å². The van der Waals surface area contributed by atoms with Crippen molar-refractivity contribution in [3.63, 3.8) is 0 Å². The summed E-state index contributed by atoms with van der Waals surface area (Å²) in [4.78, 5) is 12.5. The number of hydrazine groups is 1. The molecule has 0 aliphatic heterocycles. The van der Waals surface area contributed by atoms with Gasteiger partial charge in [-0.3, -0.25) is 10.2 Å². The Morgan fingerprint density at radius 2 is 1.95 bits per heavy atom. The first-order valence-electron chi connectivity index (χ1n) is 5.88. The van der Waals surface area contributed by atoms with E-state index in [9.17, 15) is 4.79 Å². The van der Waals surface area contributed by atoms with E-state index in [-0.39, 0.29) is 5.91 Å². The number of benzene rings is 2. The Morgan fingerprint density at radius 1 is 1.19 bits per heavy atom. The van der Waals surface area contributed by atoms with Crippen LogP contribution in [-0.2, 0) is 5.75 Å². The predicted octanol–water partition coefficient (Wildman–Crippen LogP) is 4.65. The van der Waals surface area contributed by atoms with E-state index in [2.05, 4.69) is 21.4 Å². The van der Waals surface area contributed by atoms with E-state index in [4.69, 9.17) is 29.0 Å². The normalized spacial score (nSPS) is 10.5. The lowest BCUT2D eigenvalue weighted by atomic mass is 10.1. The molecule has 0 fully saturated rings. The molecule has 3 N–H and O–H groups in total. The molecule has 0 bridgehead atoms. The van der Waals surface area contributed by atoms with Gasteiger partial charge in [-0.2, -0.15) is 0 Å². The summed E-state index contributed by atoms with van der Waals surface area (Å²) in [5.41, 5.74) is 3.68. The van der Waals surface area contributed by atoms with Crippen LogP contribution in [0.1, 0.15) is 15.9 Å². The largest absolute Gasteiger partial charge is 0.290 e. The van der Waals surface area contributed by atoms with Gasteiger partial charge >= 0.3 is 0 Å². The lowest BCUT2D eigenvalue weighted by molar-refractivity contribution is 0.0953. The minimum atomic E-state index is -0.320. The third-order valence-corrected chi connectivity index (χ3v) is 5.25. The molecule has 2 rings (SSSR count). The highest BCUT2D eigenvalue weighted by Gasteiger charge is 2.08. The molecule has 0 aliphatic carbocycles. The highest BCUT2D eigenvalue weighted by molar-refractivity contribution is 9.10. The number of halogens is 3. The number of thioether (sulfide) groups is 1. The fraction of sp³-hybridized carbons (Fsp3) is 0.0714. The molecule has 0 radical (unpaired) electrons. The average Bonchev–Trinajstić information content (AvgIpc) is 2.48. The van der Waals surface area contributed by atoms with Crippen LogP contribution in [0.5, 0.6) is 0 Å². The second kappa shape index (κ2) is 7.51. The maximum Gasteiger partial charge on any atom is 0.265 e. The second-order valence-electron chi connectivity index (χ2n) is 4.14. The van der Waals surface area contributed by atoms with Gasteiger partial charge in [-0.05, 0) is 35.9 Å². The number of hydrogen-bond acceptors (Lipinski definition) is 3. The van der Waals surface area contributed by atoms with E-state index < -0.39 is 0 Å². The van der Waals surface area contributed by atoms with Crippen LogP contribution < -0.4 is 11.3 Å². The number of rotatable bonds is 4. The highest BCUT2D eigenvalue weighted by Crippen LogP contribution is 2.31. The number of amides is 1. The second-order valence-corrected chi connectivity index (χ2v) is 6.86. The third-order valence-electron chi connectivity index (χ3n) is 2.73. The Morgan fingerprint density at radius 3 is 2.57 bits per heavy atom. The minimum absolute atomic E-state index is 0.320. The SMILES string of the molecule is NNC(=O)c1ccc(CSc2ccc(Cl)c(Cl)c2)c(Br)c1. The molecule has 3 nitrogen and oxygen atoms in total. The first-order chi connectivity index (χ1) is 10.0. The molecule has 0 unspecified atom stereocenters. The third kappa shape index (κ3) is 4.37. The molecule has 1 amide bonds. The van der Waals surface area contributed by atoms with Crippen LogP contribution in [-0.4, -0.2) is 5.91 Å². The Bertz CT molecular complexity index is 682. The monoisotopic (exact) mass is 404 g/mol. The molecule has 0 aromatic heterocycles. The summed E-state index contributed by atoms with van der Waals surface area (Å²) in [5.74, 6) is 5.53. The van der Waals surface area contributed by atoms with Crippen molar-refractivity contribution in [3.8, 4) is 0 Å². The zero-order valence-corrected chi connectivity index (χ0v) is 14.6. The quantitative estimate of drug-likeness (QED) is 0.337. The van der Waals surface area contributed by atoms with Crippen molar-refractivity contribution < 1.29 is 4.79 Å². The van der Waals surface area contributed by atoms with Crippen molar-refractivity contribution in [1.82, 2.24) is 5.43 Å². The van der Waals surface area contributed by atoms with Crippen LogP contribution in [0.2, 0.25) is 10.0 Å². The molecule has 0 spiro atoms. The molecule has 2 aromatic carbocycles. The summed E-state index contributed by atoms with van der Waals surface area (Å²) >= 11 is 17.0. The lowest BCUT2D eigenvalue weighted by Gasteiger charge is -2.07. The maximum atomic E-state index is 11.4. The molecule has 7 heteroatoms. The van der Waals surface area contributed by atoms with Gasteiger partial charge in [-0.15, -0.1) is 11.8 Å². The summed E-state index contributed by atoms with van der Waals surface area (Å²) in [7, 11) is 0. The summed E-state index contributed by atoms with van der Waals surface area (Å²) in [5, 5.41) is 1.08. The van der Waals surface area contributed by atoms with Gasteiger partial charge in [0.2, 0.25) is 0 Å². The van der Waals surface area contributed by atoms with Crippen molar-refractivity contribution in [2.75, 3.05) is 0 Å². The van der Waals surface area contributed by atoms with Crippen molar-refractivity contribution in [2.24, 2.45) is 5.84 Å². The molecular weight excluding hydrogens is 395 g/mol. The van der Waals surface area contributed by atoms with Crippen molar-refractivity contribution in [1.29, 1.82) is 0 Å². The number of carbonyl (C=O) groups is 1. The van der Waals surface area contributed by atoms with Crippen molar-refractivity contribution >= 4 is 56.8 Å². The number of hydrogen-bond donors (Lipinski definition) is 2. The van der Waals surface area contributed by atoms with Gasteiger partial charge in [0, 0.05) is 20.7 Å². The van der Waals surface area contributed by atoms with Crippen molar-refractivity contribution in [3.05, 3.63) is 62.0 Å². The van der Waals surface area contributed by atoms with Crippen LogP contribution >= 0.6 is 50.9 Å². The minimum Gasteiger partial charge on any atom is -0.290 e. The molecule has 0 aliphatic rings. The summed E-state index contributed by atoms with van der Waals surface area (Å²) in [6, 6.07) is 10.9. The molecule has 2 aromatic rings. The van der Waals surface area contributed by atoms with Gasteiger partial charge in [0.05, 0.1) is 10.0 Å². The summed E-state index contributed by atoms with van der Waals surface area (Å²) in [6.45, 7) is 0. The maximum absolute atomic E-state index is 11.4. The Labute approximate surface area is 145 Å². The van der Waals surface area contributed by atoms with Crippen LogP contribution in [0.25, 0.3) is 0 Å². The van der Waals surface area contributed by atoms with Crippen LogP contribution in [0.4, 0.5) is 0 Å². The topological polar surface area (TPSA) is 55.1 Å². The standard InChI is InChI=1S/C14H11BrCl2N2OS/c15-11-5-8(14(20)19-18)1-2-9(11)7-21-10-3-4-12(16)13(17)6-10/h1-6H,7,18H2,(H,19,20). The van der Waals surface area contributed by atoms with Gasteiger partial charge in [0.15, 0.2) is 0 Å². The van der Waals surface area contributed by atoms with E-state index in [1.807, 2.05) is 18.2 Å². The van der Waals surface area contributed by atoms with Crippen molar-refractivity contribution in [2.45, 2.75) is 10.6 Å². The lowest BCUT2D eigenvalue weighted by Crippen LogP contribution is -2.29. The van der Waals surface area contributed by atoms with E-state index in [0.29, 0.717) is 15.6 Å². The van der Waals surface area contributed by atoms with E-state index in [1.165, 1.54) is 0 Å². The molecule has 0 saturated heterocycles. The van der Waals surface area contributed by atoms with Crippen LogP contribution in [0, 0.1) is 0 Å². The van der Waals surface area contributed by atoms with Gasteiger partial charge in [-0.1, -0.05) is 45.2 Å². The summed E-state index contributed by atoms with van der Waals surface area (Å²) in [6.07, 6.45) is 0. The van der Waals surface area contributed by atoms with Gasteiger partial charge < -0.3 is 0 Å². The number of nitrogen functional groups attached to an aromatic ring is 1. The molecule has 0 saturated carbocycles. The van der Waals surface area contributed by atoms with Crippen LogP contribution in [0.3, 0.4) is 0 Å². The fourth-order valence-electron chi connectivity index (χ4n) is 1.62. The number of nitrogens with two attached hydrogens (primary N) is 1. The molecule has 0 atom stereocenters. The Balaban J connectivity index is 2.09. The molecule has 0 heterocycles. The van der Waals surface area contributed by atoms with E-state index in [0.717, 1.165) is 20.7 Å². The summed E-state index contributed by atoms with van der Waals surface area (Å²) < 4.78 is 0.858. The molecule has 110 valence electrons. The predicted molar refractivity (Wildman–Crippen MR) is 91.8 cm³/mol. The highest BCUT2D eigenvalue weighted by atomic mass is 79.9.